The lowest BCUT2D eigenvalue weighted by atomic mass is 10.2. The van der Waals surface area contributed by atoms with E-state index in [0.717, 1.165) is 24.9 Å². The van der Waals surface area contributed by atoms with Crippen molar-refractivity contribution in [2.45, 2.75) is 51.6 Å². The Balaban J connectivity index is 1.95. The standard InChI is InChI=1S/C10H22N2/c1-3-5-9(11)7-12-10-6-8(10)4-2/h8-10,12H,3-7,11H2,1-2H3. The van der Waals surface area contributed by atoms with Gasteiger partial charge >= 0.3 is 0 Å². The number of hydrogen-bond donors (Lipinski definition) is 2. The molecular formula is C10H22N2. The molecule has 1 fully saturated rings. The Kier molecular flexibility index (Phi) is 4.02. The maximum Gasteiger partial charge on any atom is 0.0165 e. The van der Waals surface area contributed by atoms with E-state index >= 15 is 0 Å². The second-order valence-electron chi connectivity index (χ2n) is 3.97. The fourth-order valence-corrected chi connectivity index (χ4v) is 1.72. The number of rotatable bonds is 6. The number of nitrogens with two attached hydrogens (primary N) is 1. The molecule has 72 valence electrons. The van der Waals surface area contributed by atoms with Crippen LogP contribution in [0.15, 0.2) is 0 Å². The first-order valence-corrected chi connectivity index (χ1v) is 5.26. The Hall–Kier alpha value is -0.0800. The quantitative estimate of drug-likeness (QED) is 0.634. The summed E-state index contributed by atoms with van der Waals surface area (Å²) in [5.41, 5.74) is 5.88. The summed E-state index contributed by atoms with van der Waals surface area (Å²) in [5.74, 6) is 0.943. The average molecular weight is 170 g/mol. The molecule has 0 aromatic heterocycles. The minimum atomic E-state index is 0.369. The van der Waals surface area contributed by atoms with Gasteiger partial charge in [-0.3, -0.25) is 0 Å². The lowest BCUT2D eigenvalue weighted by molar-refractivity contribution is 0.522. The lowest BCUT2D eigenvalue weighted by Gasteiger charge is -2.10. The van der Waals surface area contributed by atoms with Gasteiger partial charge in [0.05, 0.1) is 0 Å². The molecule has 0 heterocycles. The first-order chi connectivity index (χ1) is 5.77. The average Bonchev–Trinajstić information content (AvgIpc) is 2.80. The zero-order valence-corrected chi connectivity index (χ0v) is 8.34. The van der Waals surface area contributed by atoms with Crippen molar-refractivity contribution >= 4 is 0 Å². The van der Waals surface area contributed by atoms with E-state index in [1.807, 2.05) is 0 Å². The zero-order valence-electron chi connectivity index (χ0n) is 8.34. The van der Waals surface area contributed by atoms with Crippen molar-refractivity contribution in [3.05, 3.63) is 0 Å². The predicted molar refractivity (Wildman–Crippen MR) is 53.1 cm³/mol. The van der Waals surface area contributed by atoms with Gasteiger partial charge in [-0.25, -0.2) is 0 Å². The fourth-order valence-electron chi connectivity index (χ4n) is 1.72. The van der Waals surface area contributed by atoms with Crippen LogP contribution in [0.4, 0.5) is 0 Å². The molecule has 0 saturated heterocycles. The van der Waals surface area contributed by atoms with Gasteiger partial charge in [0.2, 0.25) is 0 Å². The van der Waals surface area contributed by atoms with Crippen LogP contribution in [0.2, 0.25) is 0 Å². The van der Waals surface area contributed by atoms with Gasteiger partial charge in [-0.1, -0.05) is 26.7 Å². The molecule has 3 atom stereocenters. The van der Waals surface area contributed by atoms with E-state index < -0.39 is 0 Å². The van der Waals surface area contributed by atoms with Crippen LogP contribution in [0.5, 0.6) is 0 Å². The molecule has 0 radical (unpaired) electrons. The van der Waals surface area contributed by atoms with Crippen LogP contribution in [0.1, 0.15) is 39.5 Å². The summed E-state index contributed by atoms with van der Waals surface area (Å²) < 4.78 is 0. The normalized spacial score (nSPS) is 30.2. The minimum absolute atomic E-state index is 0.369. The maximum atomic E-state index is 5.88. The van der Waals surface area contributed by atoms with Crippen molar-refractivity contribution in [3.63, 3.8) is 0 Å². The summed E-state index contributed by atoms with van der Waals surface area (Å²) in [6.07, 6.45) is 5.04. The van der Waals surface area contributed by atoms with Crippen LogP contribution in [-0.2, 0) is 0 Å². The molecule has 2 heteroatoms. The molecule has 12 heavy (non-hydrogen) atoms. The molecule has 0 bridgehead atoms. The Labute approximate surface area is 75.9 Å². The van der Waals surface area contributed by atoms with Crippen molar-refractivity contribution in [3.8, 4) is 0 Å². The Morgan fingerprint density at radius 2 is 2.25 bits per heavy atom. The van der Waals surface area contributed by atoms with Gasteiger partial charge in [-0.2, -0.15) is 0 Å². The smallest absolute Gasteiger partial charge is 0.0165 e. The van der Waals surface area contributed by atoms with Gasteiger partial charge in [0.1, 0.15) is 0 Å². The van der Waals surface area contributed by atoms with Crippen LogP contribution in [0.25, 0.3) is 0 Å². The molecule has 3 unspecified atom stereocenters. The summed E-state index contributed by atoms with van der Waals surface area (Å²) in [6, 6.07) is 1.16. The van der Waals surface area contributed by atoms with Crippen LogP contribution in [-0.4, -0.2) is 18.6 Å². The Bertz CT molecular complexity index is 123. The molecule has 0 aromatic carbocycles. The van der Waals surface area contributed by atoms with Crippen molar-refractivity contribution < 1.29 is 0 Å². The summed E-state index contributed by atoms with van der Waals surface area (Å²) in [6.45, 7) is 5.46. The molecule has 3 N–H and O–H groups in total. The van der Waals surface area contributed by atoms with Gasteiger partial charge in [0.25, 0.3) is 0 Å². The van der Waals surface area contributed by atoms with E-state index in [9.17, 15) is 0 Å². The van der Waals surface area contributed by atoms with Gasteiger partial charge in [0.15, 0.2) is 0 Å². The predicted octanol–water partition coefficient (Wildman–Crippen LogP) is 1.50. The van der Waals surface area contributed by atoms with Crippen LogP contribution < -0.4 is 11.1 Å². The van der Waals surface area contributed by atoms with Gasteiger partial charge < -0.3 is 11.1 Å². The van der Waals surface area contributed by atoms with E-state index in [1.54, 1.807) is 0 Å². The molecule has 0 aliphatic heterocycles. The molecule has 1 rings (SSSR count). The van der Waals surface area contributed by atoms with E-state index in [1.165, 1.54) is 19.3 Å². The highest BCUT2D eigenvalue weighted by Crippen LogP contribution is 2.32. The van der Waals surface area contributed by atoms with E-state index in [-0.39, 0.29) is 0 Å². The second-order valence-corrected chi connectivity index (χ2v) is 3.97. The highest BCUT2D eigenvalue weighted by atomic mass is 15.0. The molecule has 0 amide bonds. The summed E-state index contributed by atoms with van der Waals surface area (Å²) in [5, 5.41) is 3.52. The van der Waals surface area contributed by atoms with Crippen LogP contribution in [0, 0.1) is 5.92 Å². The number of hydrogen-bond acceptors (Lipinski definition) is 2. The monoisotopic (exact) mass is 170 g/mol. The van der Waals surface area contributed by atoms with E-state index in [4.69, 9.17) is 5.73 Å². The molecule has 0 spiro atoms. The molecule has 2 nitrogen and oxygen atoms in total. The third-order valence-electron chi connectivity index (χ3n) is 2.75. The summed E-state index contributed by atoms with van der Waals surface area (Å²) >= 11 is 0. The topological polar surface area (TPSA) is 38.0 Å². The highest BCUT2D eigenvalue weighted by Gasteiger charge is 2.34. The molecule has 1 aliphatic rings. The Morgan fingerprint density at radius 1 is 1.50 bits per heavy atom. The van der Waals surface area contributed by atoms with Gasteiger partial charge in [0, 0.05) is 18.6 Å². The first-order valence-electron chi connectivity index (χ1n) is 5.26. The van der Waals surface area contributed by atoms with Gasteiger partial charge in [-0.05, 0) is 18.8 Å². The van der Waals surface area contributed by atoms with Crippen LogP contribution in [0.3, 0.4) is 0 Å². The Morgan fingerprint density at radius 3 is 2.75 bits per heavy atom. The summed E-state index contributed by atoms with van der Waals surface area (Å²) in [4.78, 5) is 0. The maximum absolute atomic E-state index is 5.88. The number of nitrogens with one attached hydrogen (secondary N) is 1. The van der Waals surface area contributed by atoms with Crippen molar-refractivity contribution in [2.75, 3.05) is 6.54 Å². The minimum Gasteiger partial charge on any atom is -0.327 e. The first kappa shape index (κ1) is 10.0. The van der Waals surface area contributed by atoms with Gasteiger partial charge in [-0.15, -0.1) is 0 Å². The summed E-state index contributed by atoms with van der Waals surface area (Å²) in [7, 11) is 0. The molecule has 1 aliphatic carbocycles. The zero-order chi connectivity index (χ0) is 8.97. The third-order valence-corrected chi connectivity index (χ3v) is 2.75. The van der Waals surface area contributed by atoms with Crippen molar-refractivity contribution in [1.82, 2.24) is 5.32 Å². The molecule has 0 aromatic rings. The second kappa shape index (κ2) is 4.83. The third kappa shape index (κ3) is 3.11. The highest BCUT2D eigenvalue weighted by molar-refractivity contribution is 4.92. The van der Waals surface area contributed by atoms with Crippen molar-refractivity contribution in [2.24, 2.45) is 11.7 Å². The fraction of sp³-hybridized carbons (Fsp3) is 1.00. The largest absolute Gasteiger partial charge is 0.327 e. The SMILES string of the molecule is CCCC(N)CNC1CC1CC. The van der Waals surface area contributed by atoms with Crippen molar-refractivity contribution in [1.29, 1.82) is 0 Å². The van der Waals surface area contributed by atoms with E-state index in [0.29, 0.717) is 6.04 Å². The molecular weight excluding hydrogens is 148 g/mol. The van der Waals surface area contributed by atoms with E-state index in [2.05, 4.69) is 19.2 Å². The van der Waals surface area contributed by atoms with Crippen LogP contribution >= 0.6 is 0 Å². The molecule has 1 saturated carbocycles. The lowest BCUT2D eigenvalue weighted by Crippen LogP contribution is -2.35.